The van der Waals surface area contributed by atoms with Crippen LogP contribution in [0, 0.1) is 0 Å². The molecule has 1 saturated heterocycles. The fourth-order valence-corrected chi connectivity index (χ4v) is 0.827. The van der Waals surface area contributed by atoms with E-state index in [4.69, 9.17) is 5.11 Å². The fourth-order valence-electron chi connectivity index (χ4n) is 0.827. The van der Waals surface area contributed by atoms with Crippen molar-refractivity contribution >= 4 is 0 Å². The molecule has 0 aliphatic carbocycles. The van der Waals surface area contributed by atoms with Crippen LogP contribution in [0.15, 0.2) is 0 Å². The third kappa shape index (κ3) is 1.37. The maximum Gasteiger partial charge on any atom is 0.141 e. The number of halogens is 2. The third-order valence-electron chi connectivity index (χ3n) is 1.42. The lowest BCUT2D eigenvalue weighted by Gasteiger charge is -2.25. The SMILES string of the molecule is OC1[C@H](F)CNC[C@H]1F. The summed E-state index contributed by atoms with van der Waals surface area (Å²) in [5.74, 6) is 0. The molecule has 1 fully saturated rings. The van der Waals surface area contributed by atoms with Gasteiger partial charge in [-0.25, -0.2) is 8.78 Å². The Morgan fingerprint density at radius 3 is 2.00 bits per heavy atom. The predicted octanol–water partition coefficient (Wildman–Crippen LogP) is -0.373. The molecule has 2 nitrogen and oxygen atoms in total. The number of aliphatic hydroxyl groups excluding tert-OH is 1. The second kappa shape index (κ2) is 2.58. The lowest BCUT2D eigenvalue weighted by molar-refractivity contribution is -0.00730. The van der Waals surface area contributed by atoms with E-state index < -0.39 is 18.4 Å². The van der Waals surface area contributed by atoms with Gasteiger partial charge in [0.15, 0.2) is 0 Å². The van der Waals surface area contributed by atoms with E-state index in [1.54, 1.807) is 0 Å². The van der Waals surface area contributed by atoms with E-state index in [0.717, 1.165) is 0 Å². The van der Waals surface area contributed by atoms with E-state index in [0.29, 0.717) is 0 Å². The molecule has 0 spiro atoms. The van der Waals surface area contributed by atoms with Gasteiger partial charge in [-0.15, -0.1) is 0 Å². The highest BCUT2D eigenvalue weighted by atomic mass is 19.1. The van der Waals surface area contributed by atoms with E-state index >= 15 is 0 Å². The first kappa shape index (κ1) is 6.89. The Labute approximate surface area is 51.9 Å². The Balaban J connectivity index is 2.41. The highest BCUT2D eigenvalue weighted by molar-refractivity contribution is 4.84. The summed E-state index contributed by atoms with van der Waals surface area (Å²) in [6.45, 7) is 0.114. The molecule has 2 N–H and O–H groups in total. The van der Waals surface area contributed by atoms with Crippen LogP contribution in [0.25, 0.3) is 0 Å². The minimum absolute atomic E-state index is 0.0571. The average Bonchev–Trinajstić information content (AvgIpc) is 1.83. The largest absolute Gasteiger partial charge is 0.387 e. The van der Waals surface area contributed by atoms with E-state index in [9.17, 15) is 8.78 Å². The molecule has 0 amide bonds. The molecule has 2 atom stereocenters. The molecule has 0 aromatic carbocycles. The average molecular weight is 137 g/mol. The van der Waals surface area contributed by atoms with Crippen LogP contribution in [0.5, 0.6) is 0 Å². The van der Waals surface area contributed by atoms with E-state index in [1.807, 2.05) is 0 Å². The highest BCUT2D eigenvalue weighted by Gasteiger charge is 2.31. The zero-order valence-electron chi connectivity index (χ0n) is 4.85. The Kier molecular flexibility index (Phi) is 1.97. The standard InChI is InChI=1S/C5H9F2NO/c6-3-1-8-2-4(7)5(3)9/h3-5,8-9H,1-2H2/t3-,4-/m1/s1. The summed E-state index contributed by atoms with van der Waals surface area (Å²) in [7, 11) is 0. The van der Waals surface area contributed by atoms with Gasteiger partial charge < -0.3 is 10.4 Å². The molecule has 4 heteroatoms. The van der Waals surface area contributed by atoms with Crippen LogP contribution in [0.2, 0.25) is 0 Å². The van der Waals surface area contributed by atoms with Crippen molar-refractivity contribution in [3.05, 3.63) is 0 Å². The second-order valence-corrected chi connectivity index (χ2v) is 2.18. The van der Waals surface area contributed by atoms with Crippen LogP contribution in [0.3, 0.4) is 0 Å². The topological polar surface area (TPSA) is 32.3 Å². The van der Waals surface area contributed by atoms with Crippen LogP contribution in [0.1, 0.15) is 0 Å². The van der Waals surface area contributed by atoms with Gasteiger partial charge in [-0.2, -0.15) is 0 Å². The number of piperidine rings is 1. The van der Waals surface area contributed by atoms with Crippen molar-refractivity contribution in [3.8, 4) is 0 Å². The summed E-state index contributed by atoms with van der Waals surface area (Å²) in [5.41, 5.74) is 0. The first-order valence-corrected chi connectivity index (χ1v) is 2.88. The summed E-state index contributed by atoms with van der Waals surface area (Å²) in [4.78, 5) is 0. The molecular formula is C5H9F2NO. The van der Waals surface area contributed by atoms with Crippen molar-refractivity contribution in [1.29, 1.82) is 0 Å². The summed E-state index contributed by atoms with van der Waals surface area (Å²) < 4.78 is 24.6. The molecular weight excluding hydrogens is 128 g/mol. The van der Waals surface area contributed by atoms with Crippen LogP contribution in [0.4, 0.5) is 8.78 Å². The Hall–Kier alpha value is -0.220. The van der Waals surface area contributed by atoms with Gasteiger partial charge in [-0.3, -0.25) is 0 Å². The van der Waals surface area contributed by atoms with Crippen molar-refractivity contribution in [2.75, 3.05) is 13.1 Å². The maximum atomic E-state index is 12.3. The fraction of sp³-hybridized carbons (Fsp3) is 1.00. The van der Waals surface area contributed by atoms with Crippen molar-refractivity contribution in [3.63, 3.8) is 0 Å². The first-order chi connectivity index (χ1) is 4.22. The number of rotatable bonds is 0. The molecule has 1 rings (SSSR count). The smallest absolute Gasteiger partial charge is 0.141 e. The summed E-state index contributed by atoms with van der Waals surface area (Å²) in [5, 5.41) is 11.2. The normalized spacial score (nSPS) is 39.0. The van der Waals surface area contributed by atoms with Gasteiger partial charge in [0.05, 0.1) is 0 Å². The number of hydrogen-bond donors (Lipinski definition) is 2. The van der Waals surface area contributed by atoms with Crippen LogP contribution in [-0.4, -0.2) is 36.6 Å². The summed E-state index contributed by atoms with van der Waals surface area (Å²) in [6.07, 6.45) is -4.33. The monoisotopic (exact) mass is 137 g/mol. The Bertz CT molecular complexity index is 91.0. The Morgan fingerprint density at radius 1 is 1.22 bits per heavy atom. The quantitative estimate of drug-likeness (QED) is 0.477. The lowest BCUT2D eigenvalue weighted by Crippen LogP contribution is -2.49. The minimum Gasteiger partial charge on any atom is -0.387 e. The molecule has 1 heterocycles. The van der Waals surface area contributed by atoms with E-state index in [2.05, 4.69) is 5.32 Å². The molecule has 54 valence electrons. The summed E-state index contributed by atoms with van der Waals surface area (Å²) in [6, 6.07) is 0. The molecule has 0 aromatic rings. The Morgan fingerprint density at radius 2 is 1.67 bits per heavy atom. The minimum atomic E-state index is -1.45. The third-order valence-corrected chi connectivity index (χ3v) is 1.42. The van der Waals surface area contributed by atoms with Crippen molar-refractivity contribution < 1.29 is 13.9 Å². The van der Waals surface area contributed by atoms with Gasteiger partial charge in [-0.1, -0.05) is 0 Å². The summed E-state index contributed by atoms with van der Waals surface area (Å²) >= 11 is 0. The van der Waals surface area contributed by atoms with Gasteiger partial charge in [0.25, 0.3) is 0 Å². The van der Waals surface area contributed by atoms with Gasteiger partial charge in [0.1, 0.15) is 18.4 Å². The molecule has 1 aliphatic rings. The predicted molar refractivity (Wildman–Crippen MR) is 28.7 cm³/mol. The second-order valence-electron chi connectivity index (χ2n) is 2.18. The van der Waals surface area contributed by atoms with Gasteiger partial charge in [-0.05, 0) is 0 Å². The highest BCUT2D eigenvalue weighted by Crippen LogP contribution is 2.10. The molecule has 1 aliphatic heterocycles. The van der Waals surface area contributed by atoms with Crippen molar-refractivity contribution in [1.82, 2.24) is 5.32 Å². The van der Waals surface area contributed by atoms with E-state index in [1.165, 1.54) is 0 Å². The zero-order chi connectivity index (χ0) is 6.85. The van der Waals surface area contributed by atoms with Gasteiger partial charge in [0, 0.05) is 13.1 Å². The lowest BCUT2D eigenvalue weighted by atomic mass is 10.1. The molecule has 0 saturated carbocycles. The van der Waals surface area contributed by atoms with Gasteiger partial charge >= 0.3 is 0 Å². The molecule has 0 unspecified atom stereocenters. The van der Waals surface area contributed by atoms with Crippen LogP contribution < -0.4 is 5.32 Å². The molecule has 0 bridgehead atoms. The number of alkyl halides is 2. The van der Waals surface area contributed by atoms with Crippen LogP contribution in [-0.2, 0) is 0 Å². The van der Waals surface area contributed by atoms with Crippen molar-refractivity contribution in [2.24, 2.45) is 0 Å². The van der Waals surface area contributed by atoms with Gasteiger partial charge in [0.2, 0.25) is 0 Å². The number of hydrogen-bond acceptors (Lipinski definition) is 2. The molecule has 9 heavy (non-hydrogen) atoms. The maximum absolute atomic E-state index is 12.3. The number of nitrogens with one attached hydrogen (secondary N) is 1. The van der Waals surface area contributed by atoms with Crippen LogP contribution >= 0.6 is 0 Å². The van der Waals surface area contributed by atoms with E-state index in [-0.39, 0.29) is 13.1 Å². The van der Waals surface area contributed by atoms with Crippen molar-refractivity contribution in [2.45, 2.75) is 18.4 Å². The number of aliphatic hydroxyl groups is 1. The molecule has 0 aromatic heterocycles. The first-order valence-electron chi connectivity index (χ1n) is 2.88. The zero-order valence-corrected chi connectivity index (χ0v) is 4.85. The molecule has 0 radical (unpaired) electrons.